The number of para-hydroxylation sites is 1. The highest BCUT2D eigenvalue weighted by atomic mass is 16.4. The maximum atomic E-state index is 14.1. The molecule has 9 amide bonds. The third-order valence-corrected chi connectivity index (χ3v) is 12.0. The number of rotatable bonds is 24. The molecule has 0 saturated carbocycles. The predicted molar refractivity (Wildman–Crippen MR) is 249 cm³/mol. The van der Waals surface area contributed by atoms with Crippen LogP contribution in [-0.2, 0) is 60.8 Å². The third-order valence-electron chi connectivity index (χ3n) is 12.0. The molecule has 2 aliphatic rings. The first kappa shape index (κ1) is 53.6. The Morgan fingerprint density at radius 3 is 2.00 bits per heavy atom. The summed E-state index contributed by atoms with van der Waals surface area (Å²) in [6, 6.07) is 4.39. The standard InChI is InChI=1S/C47H62N10O13/c1-24(2)18-32(52-41(64)30-15-16-37(60)50-30)44(67)56-39(25(3)59)46(69)54-33(19-26-10-5-4-6-11-26)42(65)55-35(23-58)47(70)57-17-9-14-36(57)45(68)53-34(21-38(61)62)43(66)51-31(40(48)63)20-27-22-49-29-13-8-7-12-28(27)29/h4-8,10-13,22,24-25,30-36,39,49,58-59H,9,14-21,23H2,1-3H3,(H2,48,63)(H,50,60)(H,51,66)(H,52,64)(H,53,68)(H,54,69)(H,55,65)(H,56,67)(H,61,62)/t25?,30-,31-,32-,33-,34-,35-,36-,39-/m0/s1. The first-order valence-electron chi connectivity index (χ1n) is 23.1. The molecule has 70 heavy (non-hydrogen) atoms. The number of likely N-dealkylation sites (tertiary alicyclic amines) is 1. The Kier molecular flexibility index (Phi) is 18.9. The molecule has 0 spiro atoms. The number of aromatic nitrogens is 1. The molecule has 378 valence electrons. The number of H-pyrrole nitrogens is 1. The molecule has 2 saturated heterocycles. The molecule has 0 radical (unpaired) electrons. The van der Waals surface area contributed by atoms with Crippen LogP contribution in [0, 0.1) is 5.92 Å². The molecule has 2 aliphatic heterocycles. The number of fused-ring (bicyclic) bond motifs is 1. The number of benzene rings is 2. The van der Waals surface area contributed by atoms with E-state index in [2.05, 4.69) is 42.2 Å². The molecular weight excluding hydrogens is 913 g/mol. The van der Waals surface area contributed by atoms with Gasteiger partial charge in [-0.25, -0.2) is 0 Å². The Balaban J connectivity index is 1.27. The van der Waals surface area contributed by atoms with E-state index in [0.29, 0.717) is 11.1 Å². The molecule has 0 bridgehead atoms. The van der Waals surface area contributed by atoms with Crippen LogP contribution in [-0.4, -0.2) is 152 Å². The van der Waals surface area contributed by atoms with Gasteiger partial charge in [0, 0.05) is 42.9 Å². The smallest absolute Gasteiger partial charge is 0.305 e. The van der Waals surface area contributed by atoms with Crippen LogP contribution < -0.4 is 43.0 Å². The number of aliphatic hydroxyl groups is 2. The largest absolute Gasteiger partial charge is 0.481 e. The number of hydrogen-bond donors (Lipinski definition) is 12. The van der Waals surface area contributed by atoms with E-state index >= 15 is 0 Å². The van der Waals surface area contributed by atoms with Gasteiger partial charge in [-0.2, -0.15) is 0 Å². The number of carbonyl (C=O) groups excluding carboxylic acids is 9. The zero-order valence-electron chi connectivity index (χ0n) is 39.1. The van der Waals surface area contributed by atoms with Crippen LogP contribution in [0.3, 0.4) is 0 Å². The van der Waals surface area contributed by atoms with E-state index in [9.17, 15) is 63.3 Å². The quantitative estimate of drug-likeness (QED) is 0.0443. The second-order valence-corrected chi connectivity index (χ2v) is 17.9. The highest BCUT2D eigenvalue weighted by Gasteiger charge is 2.41. The van der Waals surface area contributed by atoms with Crippen molar-refractivity contribution < 1.29 is 63.3 Å². The average molecular weight is 975 g/mol. The molecule has 1 aromatic heterocycles. The van der Waals surface area contributed by atoms with Crippen molar-refractivity contribution >= 4 is 70.0 Å². The monoisotopic (exact) mass is 974 g/mol. The zero-order valence-corrected chi connectivity index (χ0v) is 39.1. The van der Waals surface area contributed by atoms with E-state index in [1.165, 1.54) is 6.92 Å². The van der Waals surface area contributed by atoms with Gasteiger partial charge in [0.15, 0.2) is 0 Å². The van der Waals surface area contributed by atoms with E-state index in [1.807, 2.05) is 6.07 Å². The molecule has 9 atom stereocenters. The molecule has 3 aromatic rings. The SMILES string of the molecule is CC(C)C[C@H](NC(=O)[C@@H]1CCC(=O)N1)C(=O)N[C@H](C(=O)N[C@@H](Cc1ccccc1)C(=O)N[C@@H](CO)C(=O)N1CCC[C@H]1C(=O)N[C@@H](CC(=O)O)C(=O)N[C@@H](Cc1c[nH]c2ccccc12)C(N)=O)C(C)O. The lowest BCUT2D eigenvalue weighted by Gasteiger charge is -2.30. The highest BCUT2D eigenvalue weighted by molar-refractivity contribution is 5.99. The number of primary amides is 1. The summed E-state index contributed by atoms with van der Waals surface area (Å²) in [5.74, 6) is -9.11. The Morgan fingerprint density at radius 2 is 1.37 bits per heavy atom. The van der Waals surface area contributed by atoms with Gasteiger partial charge in [-0.1, -0.05) is 62.4 Å². The summed E-state index contributed by atoms with van der Waals surface area (Å²) >= 11 is 0. The summed E-state index contributed by atoms with van der Waals surface area (Å²) in [6.45, 7) is 3.81. The van der Waals surface area contributed by atoms with E-state index < -0.39 is 121 Å². The fourth-order valence-electron chi connectivity index (χ4n) is 8.39. The molecule has 5 rings (SSSR count). The number of aromatic amines is 1. The highest BCUT2D eigenvalue weighted by Crippen LogP contribution is 2.21. The summed E-state index contributed by atoms with van der Waals surface area (Å²) < 4.78 is 0. The number of aliphatic hydroxyl groups excluding tert-OH is 2. The lowest BCUT2D eigenvalue weighted by Crippen LogP contribution is -2.62. The lowest BCUT2D eigenvalue weighted by molar-refractivity contribution is -0.144. The van der Waals surface area contributed by atoms with Crippen molar-refractivity contribution in [2.24, 2.45) is 11.7 Å². The molecule has 13 N–H and O–H groups in total. The van der Waals surface area contributed by atoms with E-state index in [-0.39, 0.29) is 63.3 Å². The fourth-order valence-corrected chi connectivity index (χ4v) is 8.39. The molecular formula is C47H62N10O13. The van der Waals surface area contributed by atoms with Crippen LogP contribution >= 0.6 is 0 Å². The van der Waals surface area contributed by atoms with E-state index in [4.69, 9.17) is 5.73 Å². The maximum Gasteiger partial charge on any atom is 0.305 e. The van der Waals surface area contributed by atoms with E-state index in [0.717, 1.165) is 15.8 Å². The Morgan fingerprint density at radius 1 is 0.743 bits per heavy atom. The van der Waals surface area contributed by atoms with Gasteiger partial charge in [0.05, 0.1) is 19.1 Å². The van der Waals surface area contributed by atoms with Crippen molar-refractivity contribution in [3.63, 3.8) is 0 Å². The van der Waals surface area contributed by atoms with Crippen LogP contribution in [0.2, 0.25) is 0 Å². The average Bonchev–Trinajstić information content (AvgIpc) is 4.09. The summed E-state index contributed by atoms with van der Waals surface area (Å²) in [6.07, 6.45) is -0.227. The molecule has 0 aliphatic carbocycles. The molecule has 2 fully saturated rings. The molecule has 3 heterocycles. The number of carbonyl (C=O) groups is 10. The second-order valence-electron chi connectivity index (χ2n) is 17.9. The lowest BCUT2D eigenvalue weighted by atomic mass is 10.0. The number of aliphatic carboxylic acids is 1. The van der Waals surface area contributed by atoms with Gasteiger partial charge in [-0.3, -0.25) is 47.9 Å². The minimum absolute atomic E-state index is 0.0407. The van der Waals surface area contributed by atoms with E-state index in [1.54, 1.807) is 68.6 Å². The first-order valence-corrected chi connectivity index (χ1v) is 23.1. The number of nitrogens with one attached hydrogen (secondary N) is 8. The summed E-state index contributed by atoms with van der Waals surface area (Å²) in [5, 5.41) is 49.0. The van der Waals surface area contributed by atoms with Gasteiger partial charge in [-0.15, -0.1) is 0 Å². The summed E-state index contributed by atoms with van der Waals surface area (Å²) in [7, 11) is 0. The van der Waals surface area contributed by atoms with Gasteiger partial charge in [0.25, 0.3) is 0 Å². The number of nitrogens with zero attached hydrogens (tertiary/aromatic N) is 1. The summed E-state index contributed by atoms with van der Waals surface area (Å²) in [4.78, 5) is 136. The number of hydrogen-bond acceptors (Lipinski definition) is 12. The summed E-state index contributed by atoms with van der Waals surface area (Å²) in [5.41, 5.74) is 7.57. The number of nitrogens with two attached hydrogens (primary N) is 1. The Hall–Kier alpha value is -7.40. The molecule has 23 heteroatoms. The minimum Gasteiger partial charge on any atom is -0.481 e. The minimum atomic E-state index is -1.72. The van der Waals surface area contributed by atoms with Crippen LogP contribution in [0.4, 0.5) is 0 Å². The topological polar surface area (TPSA) is 361 Å². The normalized spacial score (nSPS) is 18.5. The number of carboxylic acid groups (broad SMARTS) is 1. The van der Waals surface area contributed by atoms with Gasteiger partial charge in [-0.05, 0) is 55.7 Å². The third kappa shape index (κ3) is 14.6. The first-order chi connectivity index (χ1) is 33.3. The molecule has 2 aromatic carbocycles. The Labute approximate surface area is 402 Å². The fraction of sp³-hybridized carbons (Fsp3) is 0.489. The molecule has 23 nitrogen and oxygen atoms in total. The second kappa shape index (κ2) is 24.8. The van der Waals surface area contributed by atoms with Crippen LogP contribution in [0.1, 0.15) is 70.4 Å². The van der Waals surface area contributed by atoms with Gasteiger partial charge < -0.3 is 68.2 Å². The van der Waals surface area contributed by atoms with Crippen molar-refractivity contribution in [1.82, 2.24) is 47.1 Å². The zero-order chi connectivity index (χ0) is 51.2. The van der Waals surface area contributed by atoms with Crippen molar-refractivity contribution in [2.45, 2.75) is 127 Å². The van der Waals surface area contributed by atoms with Crippen LogP contribution in [0.5, 0.6) is 0 Å². The van der Waals surface area contributed by atoms with Gasteiger partial charge >= 0.3 is 5.97 Å². The molecule has 1 unspecified atom stereocenters. The van der Waals surface area contributed by atoms with Crippen LogP contribution in [0.25, 0.3) is 10.9 Å². The number of amides is 9. The van der Waals surface area contributed by atoms with Gasteiger partial charge in [0.2, 0.25) is 53.2 Å². The van der Waals surface area contributed by atoms with Crippen molar-refractivity contribution in [1.29, 1.82) is 0 Å². The number of carboxylic acids is 1. The predicted octanol–water partition coefficient (Wildman–Crippen LogP) is -2.49. The maximum absolute atomic E-state index is 14.1. The Bertz CT molecular complexity index is 2410. The van der Waals surface area contributed by atoms with Crippen molar-refractivity contribution in [3.05, 3.63) is 71.9 Å². The van der Waals surface area contributed by atoms with Crippen LogP contribution in [0.15, 0.2) is 60.8 Å². The van der Waals surface area contributed by atoms with Crippen molar-refractivity contribution in [3.8, 4) is 0 Å². The van der Waals surface area contributed by atoms with Gasteiger partial charge in [0.1, 0.15) is 48.3 Å². The van der Waals surface area contributed by atoms with Crippen molar-refractivity contribution in [2.75, 3.05) is 13.2 Å².